The van der Waals surface area contributed by atoms with E-state index in [1.165, 1.54) is 12.3 Å². The van der Waals surface area contributed by atoms with Gasteiger partial charge >= 0.3 is 0 Å². The minimum absolute atomic E-state index is 0. The Bertz CT molecular complexity index is 958. The minimum atomic E-state index is -0.490. The summed E-state index contributed by atoms with van der Waals surface area (Å²) in [5.41, 5.74) is 1.11. The molecule has 3 N–H and O–H groups in total. The molecule has 0 aliphatic carbocycles. The second-order valence-electron chi connectivity index (χ2n) is 5.15. The van der Waals surface area contributed by atoms with Gasteiger partial charge in [-0.2, -0.15) is 0 Å². The summed E-state index contributed by atoms with van der Waals surface area (Å²) in [7, 11) is 0. The van der Waals surface area contributed by atoms with Crippen molar-refractivity contribution in [1.29, 1.82) is 0 Å². The summed E-state index contributed by atoms with van der Waals surface area (Å²) in [5.74, 6) is -0.490. The quantitative estimate of drug-likeness (QED) is 0.549. The molecule has 0 bridgehead atoms. The molecule has 0 saturated carbocycles. The molecule has 25 heavy (non-hydrogen) atoms. The first kappa shape index (κ1) is 19.7. The molecule has 3 aromatic rings. The third-order valence-corrected chi connectivity index (χ3v) is 3.77. The molecule has 0 unspecified atom stereocenters. The number of nitrogens with one attached hydrogen (secondary N) is 2. The van der Waals surface area contributed by atoms with Crippen LogP contribution in [0.4, 0.5) is 0 Å². The maximum Gasteiger partial charge on any atom is 0.255 e. The molecule has 0 spiro atoms. The number of nitrogens with zero attached hydrogens (tertiary/aromatic N) is 1. The number of fused-ring (bicyclic) bond motifs is 1. The summed E-state index contributed by atoms with van der Waals surface area (Å²) in [5, 5.41) is 12.7. The van der Waals surface area contributed by atoms with Gasteiger partial charge in [0.25, 0.3) is 5.91 Å². The van der Waals surface area contributed by atoms with Gasteiger partial charge in [-0.05, 0) is 28.9 Å². The Labute approximate surface area is 173 Å². The fourth-order valence-electron chi connectivity index (χ4n) is 2.23. The van der Waals surface area contributed by atoms with Crippen LogP contribution in [0.15, 0.2) is 41.3 Å². The molecule has 2 aromatic heterocycles. The Kier molecular flexibility index (Phi) is 6.84. The zero-order chi connectivity index (χ0) is 17.1. The Morgan fingerprint density at radius 1 is 1.32 bits per heavy atom. The van der Waals surface area contributed by atoms with Crippen LogP contribution in [-0.4, -0.2) is 21.0 Å². The van der Waals surface area contributed by atoms with Crippen molar-refractivity contribution in [3.05, 3.63) is 74.8 Å². The van der Waals surface area contributed by atoms with E-state index in [2.05, 4.69) is 21.5 Å². The number of carbonyl (C=O) groups is 1. The number of aromatic amines is 1. The number of benzene rings is 1. The number of halogens is 1. The van der Waals surface area contributed by atoms with Crippen molar-refractivity contribution in [3.8, 4) is 0 Å². The number of hydrogen-bond acceptors (Lipinski definition) is 4. The van der Waals surface area contributed by atoms with E-state index in [0.717, 1.165) is 5.56 Å². The van der Waals surface area contributed by atoms with E-state index < -0.39 is 11.3 Å². The average molecular weight is 432 g/mol. The Morgan fingerprint density at radius 3 is 2.72 bits per heavy atom. The minimum Gasteiger partial charge on any atom is -0.403 e. The van der Waals surface area contributed by atoms with Gasteiger partial charge in [0, 0.05) is 57.1 Å². The Morgan fingerprint density at radius 2 is 2.04 bits per heavy atom. The van der Waals surface area contributed by atoms with E-state index >= 15 is 0 Å². The summed E-state index contributed by atoms with van der Waals surface area (Å²) in [6.45, 7) is -0.0310. The number of amides is 1. The maximum absolute atomic E-state index is 12.5. The van der Waals surface area contributed by atoms with Crippen molar-refractivity contribution in [2.45, 2.75) is 13.2 Å². The number of H-pyrrole nitrogens is 1. The second-order valence-corrected chi connectivity index (χ2v) is 5.58. The topological polar surface area (TPSA) is 95.1 Å². The molecule has 3 rings (SSSR count). The van der Waals surface area contributed by atoms with Crippen LogP contribution in [0.2, 0.25) is 5.02 Å². The van der Waals surface area contributed by atoms with Gasteiger partial charge in [-0.1, -0.05) is 35.3 Å². The Hall–Kier alpha value is -1.60. The summed E-state index contributed by atoms with van der Waals surface area (Å²) in [4.78, 5) is 31.4. The van der Waals surface area contributed by atoms with Crippen LogP contribution >= 0.6 is 11.6 Å². The number of aliphatic hydroxyl groups excluding tert-OH is 1. The number of pyridine rings is 2. The molecular formula is C17H13ClN3O3Y-. The van der Waals surface area contributed by atoms with Crippen LogP contribution in [0.25, 0.3) is 10.9 Å². The largest absolute Gasteiger partial charge is 0.403 e. The number of aliphatic hydroxyl groups is 1. The van der Waals surface area contributed by atoms with E-state index in [1.807, 2.05) is 0 Å². The van der Waals surface area contributed by atoms with Crippen molar-refractivity contribution >= 4 is 28.4 Å². The van der Waals surface area contributed by atoms with Crippen molar-refractivity contribution in [1.82, 2.24) is 15.3 Å². The van der Waals surface area contributed by atoms with Gasteiger partial charge < -0.3 is 25.2 Å². The summed E-state index contributed by atoms with van der Waals surface area (Å²) >= 11 is 5.81. The normalized spacial score (nSPS) is 10.3. The number of rotatable bonds is 4. The zero-order valence-electron chi connectivity index (χ0n) is 13.0. The third-order valence-electron chi connectivity index (χ3n) is 3.51. The van der Waals surface area contributed by atoms with Gasteiger partial charge in [-0.3, -0.25) is 4.79 Å². The number of hydrogen-bond donors (Lipinski definition) is 3. The molecule has 0 fully saturated rings. The zero-order valence-corrected chi connectivity index (χ0v) is 16.6. The molecule has 0 aliphatic rings. The van der Waals surface area contributed by atoms with Gasteiger partial charge in [-0.25, -0.2) is 0 Å². The standard InChI is InChI=1S/C17H13ClN3O3.Y/c18-11-3-1-10(2-4-11)6-21-17(24)14-7-20-15-8-19-12(9-22)5-13(15)16(14)23;/h1-5,7,22H,6,9H2,(H,20,23)(H,21,24);/q-1;. The van der Waals surface area contributed by atoms with Gasteiger partial charge in [0.05, 0.1) is 5.56 Å². The van der Waals surface area contributed by atoms with E-state index in [-0.39, 0.29) is 56.8 Å². The molecule has 1 aromatic carbocycles. The Balaban J connectivity index is 0.00000225. The fourth-order valence-corrected chi connectivity index (χ4v) is 2.36. The predicted octanol–water partition coefficient (Wildman–Crippen LogP) is 1.80. The van der Waals surface area contributed by atoms with E-state index in [0.29, 0.717) is 16.2 Å². The summed E-state index contributed by atoms with van der Waals surface area (Å²) in [6.07, 6.45) is 3.96. The van der Waals surface area contributed by atoms with Crippen molar-refractivity contribution in [2.24, 2.45) is 0 Å². The molecule has 0 saturated heterocycles. The number of aromatic nitrogens is 2. The molecule has 125 valence electrons. The maximum atomic E-state index is 12.5. The van der Waals surface area contributed by atoms with Gasteiger partial charge in [-0.15, -0.1) is 6.07 Å². The molecular weight excluding hydrogens is 419 g/mol. The van der Waals surface area contributed by atoms with E-state index in [1.54, 1.807) is 24.3 Å². The first-order valence-corrected chi connectivity index (χ1v) is 7.53. The van der Waals surface area contributed by atoms with Gasteiger partial charge in [0.1, 0.15) is 5.43 Å². The molecule has 1 amide bonds. The molecule has 0 aliphatic heterocycles. The SMILES string of the molecule is O=C(NCc1ccc(Cl)cc1)c1c[nH]c2[c-]nc(CO)cc2c1=O.[Y]. The monoisotopic (exact) mass is 431 g/mol. The second kappa shape index (κ2) is 8.67. The molecule has 0 atom stereocenters. The molecule has 2 heterocycles. The van der Waals surface area contributed by atoms with Crippen molar-refractivity contribution < 1.29 is 42.6 Å². The smallest absolute Gasteiger partial charge is 0.255 e. The van der Waals surface area contributed by atoms with Crippen LogP contribution < -0.4 is 10.7 Å². The van der Waals surface area contributed by atoms with Crippen LogP contribution in [0.5, 0.6) is 0 Å². The summed E-state index contributed by atoms with van der Waals surface area (Å²) < 4.78 is 0. The predicted molar refractivity (Wildman–Crippen MR) is 89.7 cm³/mol. The van der Waals surface area contributed by atoms with Crippen LogP contribution in [0.1, 0.15) is 21.6 Å². The first-order chi connectivity index (χ1) is 11.6. The molecule has 6 nitrogen and oxygen atoms in total. The van der Waals surface area contributed by atoms with Gasteiger partial charge in [0.2, 0.25) is 0 Å². The molecule has 1 radical (unpaired) electrons. The van der Waals surface area contributed by atoms with Crippen LogP contribution in [0, 0.1) is 6.20 Å². The van der Waals surface area contributed by atoms with E-state index in [9.17, 15) is 9.59 Å². The number of carbonyl (C=O) groups excluding carboxylic acids is 1. The first-order valence-electron chi connectivity index (χ1n) is 7.15. The molecule has 8 heteroatoms. The van der Waals surface area contributed by atoms with Crippen molar-refractivity contribution in [3.63, 3.8) is 0 Å². The fraction of sp³-hybridized carbons (Fsp3) is 0.118. The van der Waals surface area contributed by atoms with E-state index in [4.69, 9.17) is 16.7 Å². The van der Waals surface area contributed by atoms with Crippen LogP contribution in [0.3, 0.4) is 0 Å². The van der Waals surface area contributed by atoms with Crippen LogP contribution in [-0.2, 0) is 45.9 Å². The average Bonchev–Trinajstić information content (AvgIpc) is 2.61. The van der Waals surface area contributed by atoms with Crippen molar-refractivity contribution in [2.75, 3.05) is 0 Å². The third kappa shape index (κ3) is 4.52. The summed E-state index contributed by atoms with van der Waals surface area (Å²) in [6, 6.07) is 8.49. The van der Waals surface area contributed by atoms with Gasteiger partial charge in [0.15, 0.2) is 0 Å².